The van der Waals surface area contributed by atoms with Gasteiger partial charge < -0.3 is 18.2 Å². The maximum atomic E-state index is 6.94. The van der Waals surface area contributed by atoms with Gasteiger partial charge in [-0.15, -0.1) is 0 Å². The van der Waals surface area contributed by atoms with E-state index in [1.807, 2.05) is 60.7 Å². The Hall–Kier alpha value is -9.30. The smallest absolute Gasteiger partial charge is 0.226 e. The molecule has 0 atom stereocenters. The molecule has 0 aliphatic carbocycles. The summed E-state index contributed by atoms with van der Waals surface area (Å²) in [4.78, 5) is 17.7. The Balaban J connectivity index is 0.765. The number of halogens is 1. The van der Waals surface area contributed by atoms with Crippen LogP contribution in [0.4, 0.5) is 0 Å². The van der Waals surface area contributed by atoms with E-state index < -0.39 is 0 Å². The molecule has 0 fully saturated rings. The van der Waals surface area contributed by atoms with Gasteiger partial charge in [0, 0.05) is 82.0 Å². The number of fused-ring (bicyclic) bond motifs is 12. The number of para-hydroxylation sites is 6. The van der Waals surface area contributed by atoms with Crippen molar-refractivity contribution in [2.45, 2.75) is 0 Å². The van der Waals surface area contributed by atoms with Crippen molar-refractivity contribution in [3.63, 3.8) is 0 Å². The molecule has 0 bridgehead atoms. The number of furan rings is 3. The molecular weight excluding hydrogens is 896 g/mol. The van der Waals surface area contributed by atoms with E-state index in [9.17, 15) is 0 Å². The highest BCUT2D eigenvalue weighted by Gasteiger charge is 2.20. The van der Waals surface area contributed by atoms with E-state index in [1.165, 1.54) is 10.8 Å². The van der Waals surface area contributed by atoms with Gasteiger partial charge in [-0.05, 0) is 76.3 Å². The monoisotopic (exact) mass is 930 g/mol. The van der Waals surface area contributed by atoms with E-state index in [0.717, 1.165) is 132 Å². The number of aromatic nitrogens is 4. The van der Waals surface area contributed by atoms with E-state index in [2.05, 4.69) is 161 Å². The summed E-state index contributed by atoms with van der Waals surface area (Å²) in [6, 6.07) is 71.5. The topological polar surface area (TPSA) is 93.9 Å². The second-order valence-corrected chi connectivity index (χ2v) is 18.4. The highest BCUT2D eigenvalue weighted by atomic mass is 35.5. The van der Waals surface area contributed by atoms with Crippen LogP contribution < -0.4 is 0 Å². The molecule has 0 radical (unpaired) electrons. The van der Waals surface area contributed by atoms with E-state index in [1.54, 1.807) is 0 Å². The summed E-state index contributed by atoms with van der Waals surface area (Å²) in [5.74, 6) is 0.950. The van der Waals surface area contributed by atoms with Gasteiger partial charge in [-0.1, -0.05) is 164 Å². The van der Waals surface area contributed by atoms with Gasteiger partial charge in [0.05, 0.1) is 5.52 Å². The van der Waals surface area contributed by atoms with E-state index in [-0.39, 0.29) is 5.28 Å². The molecule has 1 N–H and O–H groups in total. The van der Waals surface area contributed by atoms with Crippen molar-refractivity contribution in [2.75, 3.05) is 0 Å². The molecule has 7 nitrogen and oxygen atoms in total. The number of rotatable bonds is 6. The number of hydrogen-bond donors (Lipinski definition) is 1. The van der Waals surface area contributed by atoms with Gasteiger partial charge in [0.2, 0.25) is 5.28 Å². The second-order valence-electron chi connectivity index (χ2n) is 18.1. The Morgan fingerprint density at radius 2 is 0.803 bits per heavy atom. The zero-order valence-corrected chi connectivity index (χ0v) is 38.3. The van der Waals surface area contributed by atoms with Gasteiger partial charge in [-0.2, -0.15) is 9.97 Å². The number of hydrogen-bond acceptors (Lipinski definition) is 6. The van der Waals surface area contributed by atoms with Crippen molar-refractivity contribution in [3.8, 4) is 67.3 Å². The van der Waals surface area contributed by atoms with E-state index in [4.69, 9.17) is 29.8 Å². The second kappa shape index (κ2) is 15.4. The third-order valence-electron chi connectivity index (χ3n) is 14.1. The summed E-state index contributed by atoms with van der Waals surface area (Å²) in [5.41, 5.74) is 17.4. The molecule has 0 saturated carbocycles. The molecule has 332 valence electrons. The van der Waals surface area contributed by atoms with Crippen LogP contribution in [0.1, 0.15) is 0 Å². The Kier molecular flexibility index (Phi) is 8.58. The quantitative estimate of drug-likeness (QED) is 0.178. The van der Waals surface area contributed by atoms with Crippen LogP contribution in [0, 0.1) is 0 Å². The van der Waals surface area contributed by atoms with Gasteiger partial charge >= 0.3 is 0 Å². The van der Waals surface area contributed by atoms with Gasteiger partial charge in [-0.3, -0.25) is 0 Å². The van der Waals surface area contributed by atoms with Crippen molar-refractivity contribution < 1.29 is 13.3 Å². The first kappa shape index (κ1) is 39.7. The first-order chi connectivity index (χ1) is 35.1. The number of nitrogens with one attached hydrogen (secondary N) is 1. The molecule has 0 amide bonds. The molecule has 8 heteroatoms. The Morgan fingerprint density at radius 3 is 1.54 bits per heavy atom. The average molecular weight is 931 g/mol. The number of aromatic amines is 1. The molecule has 5 heterocycles. The lowest BCUT2D eigenvalue weighted by Gasteiger charge is -2.08. The van der Waals surface area contributed by atoms with Crippen molar-refractivity contribution in [1.29, 1.82) is 0 Å². The minimum absolute atomic E-state index is 0.116. The lowest BCUT2D eigenvalue weighted by atomic mass is 9.96. The van der Waals surface area contributed by atoms with Crippen molar-refractivity contribution in [1.82, 2.24) is 19.9 Å². The maximum Gasteiger partial charge on any atom is 0.226 e. The lowest BCUT2D eigenvalue weighted by molar-refractivity contribution is 0.669. The zero-order chi connectivity index (χ0) is 46.7. The van der Waals surface area contributed by atoms with Crippen LogP contribution in [0.25, 0.3) is 155 Å². The van der Waals surface area contributed by atoms with Crippen LogP contribution in [-0.4, -0.2) is 19.9 Å². The summed E-state index contributed by atoms with van der Waals surface area (Å²) in [6.45, 7) is 0. The summed E-state index contributed by atoms with van der Waals surface area (Å²) in [6.07, 6.45) is 0. The SMILES string of the molecule is Clc1nc(-c2ccc(-c3cccc4c3oc3c(-c5cccc(-c6cccc7c6[nH]c6ccc(-c8cccc9c8oc8ccccc89)cc67)c5)cccc34)cc2)nc(-c2ccc3c(c2)oc2ccccc23)n1. The van der Waals surface area contributed by atoms with Gasteiger partial charge in [0.25, 0.3) is 0 Å². The predicted octanol–water partition coefficient (Wildman–Crippen LogP) is 17.9. The molecule has 15 rings (SSSR count). The standard InChI is InChI=1S/C63H35ClN4O3/c64-63-67-61(66-62(68-63)40-28-30-47-45-12-1-3-22-54(45)69-56(47)34-40)36-26-24-35(25-27-36)42-15-7-20-50-51-21-9-16-43(60(51)71-59(42)50)38-11-5-10-37(32-38)41-14-6-18-48-52-33-39(29-31-53(52)65-57(41)48)44-17-8-19-49-46-13-2-4-23-55(46)70-58(44)49/h1-34,65H. The predicted molar refractivity (Wildman–Crippen MR) is 289 cm³/mol. The third-order valence-corrected chi connectivity index (χ3v) is 14.2. The molecule has 10 aromatic carbocycles. The minimum Gasteiger partial charge on any atom is -0.456 e. The Labute approximate surface area is 409 Å². The van der Waals surface area contributed by atoms with Crippen LogP contribution in [0.15, 0.2) is 220 Å². The van der Waals surface area contributed by atoms with Crippen LogP contribution >= 0.6 is 11.6 Å². The van der Waals surface area contributed by atoms with Gasteiger partial charge in [-0.25, -0.2) is 4.98 Å². The fraction of sp³-hybridized carbons (Fsp3) is 0. The largest absolute Gasteiger partial charge is 0.456 e. The molecule has 0 spiro atoms. The summed E-state index contributed by atoms with van der Waals surface area (Å²) in [7, 11) is 0. The molecule has 0 unspecified atom stereocenters. The summed E-state index contributed by atoms with van der Waals surface area (Å²) < 4.78 is 19.5. The van der Waals surface area contributed by atoms with Crippen molar-refractivity contribution >= 4 is 99.2 Å². The number of nitrogens with zero attached hydrogens (tertiary/aromatic N) is 3. The normalized spacial score (nSPS) is 12.0. The fourth-order valence-corrected chi connectivity index (χ4v) is 10.9. The fourth-order valence-electron chi connectivity index (χ4n) is 10.7. The molecule has 0 aliphatic rings. The minimum atomic E-state index is 0.116. The van der Waals surface area contributed by atoms with Crippen LogP contribution in [0.2, 0.25) is 5.28 Å². The summed E-state index contributed by atoms with van der Waals surface area (Å²) >= 11 is 6.54. The van der Waals surface area contributed by atoms with Gasteiger partial charge in [0.1, 0.15) is 33.5 Å². The average Bonchev–Trinajstić information content (AvgIpc) is 4.20. The first-order valence-electron chi connectivity index (χ1n) is 23.5. The molecule has 0 aliphatic heterocycles. The Morgan fingerprint density at radius 1 is 0.310 bits per heavy atom. The lowest BCUT2D eigenvalue weighted by Crippen LogP contribution is -1.97. The third kappa shape index (κ3) is 6.27. The number of H-pyrrole nitrogens is 1. The van der Waals surface area contributed by atoms with Crippen LogP contribution in [0.3, 0.4) is 0 Å². The highest BCUT2D eigenvalue weighted by Crippen LogP contribution is 2.43. The zero-order valence-electron chi connectivity index (χ0n) is 37.6. The molecular formula is C63H35ClN4O3. The molecule has 71 heavy (non-hydrogen) atoms. The first-order valence-corrected chi connectivity index (χ1v) is 23.9. The van der Waals surface area contributed by atoms with Crippen LogP contribution in [-0.2, 0) is 0 Å². The highest BCUT2D eigenvalue weighted by molar-refractivity contribution is 6.28. The molecule has 0 saturated heterocycles. The van der Waals surface area contributed by atoms with E-state index in [0.29, 0.717) is 11.6 Å². The van der Waals surface area contributed by atoms with E-state index >= 15 is 0 Å². The van der Waals surface area contributed by atoms with Crippen molar-refractivity contribution in [3.05, 3.63) is 212 Å². The maximum absolute atomic E-state index is 6.94. The van der Waals surface area contributed by atoms with Crippen molar-refractivity contribution in [2.24, 2.45) is 0 Å². The molecule has 5 aromatic heterocycles. The Bertz CT molecular complexity index is 4670. The molecule has 15 aromatic rings. The number of benzene rings is 10. The van der Waals surface area contributed by atoms with Gasteiger partial charge in [0.15, 0.2) is 11.6 Å². The summed E-state index contributed by atoms with van der Waals surface area (Å²) in [5, 5.41) is 8.90. The van der Waals surface area contributed by atoms with Crippen LogP contribution in [0.5, 0.6) is 0 Å².